The number of fused-ring (bicyclic) bond motifs is 1. The molecule has 4 atom stereocenters. The molecule has 7 nitrogen and oxygen atoms in total. The van der Waals surface area contributed by atoms with E-state index in [0.717, 1.165) is 31.6 Å². The van der Waals surface area contributed by atoms with E-state index in [1.807, 2.05) is 36.4 Å². The Kier molecular flexibility index (Phi) is 7.89. The molecule has 2 aromatic rings. The zero-order chi connectivity index (χ0) is 25.7. The van der Waals surface area contributed by atoms with Gasteiger partial charge in [0.05, 0.1) is 0 Å². The van der Waals surface area contributed by atoms with Crippen LogP contribution in [0.4, 0.5) is 0 Å². The molecule has 3 unspecified atom stereocenters. The van der Waals surface area contributed by atoms with Crippen LogP contribution in [0.2, 0.25) is 0 Å². The molecule has 7 heteroatoms. The van der Waals surface area contributed by atoms with Crippen molar-refractivity contribution in [1.29, 1.82) is 0 Å². The average molecular weight is 491 g/mol. The normalized spacial score (nSPS) is 25.8. The molecular weight excluding hydrogens is 456 g/mol. The van der Waals surface area contributed by atoms with Gasteiger partial charge in [-0.25, -0.2) is 0 Å². The first kappa shape index (κ1) is 25.6. The van der Waals surface area contributed by atoms with Crippen LogP contribution in [0.25, 0.3) is 0 Å². The second kappa shape index (κ2) is 11.1. The van der Waals surface area contributed by atoms with E-state index in [0.29, 0.717) is 24.2 Å². The number of rotatable bonds is 7. The summed E-state index contributed by atoms with van der Waals surface area (Å²) in [6.45, 7) is 9.03. The van der Waals surface area contributed by atoms with Crippen LogP contribution in [-0.2, 0) is 19.7 Å². The molecule has 0 bridgehead atoms. The van der Waals surface area contributed by atoms with E-state index in [1.165, 1.54) is 13.8 Å². The predicted octanol–water partition coefficient (Wildman–Crippen LogP) is 3.88. The maximum Gasteiger partial charge on any atom is 0.308 e. The number of piperidine rings is 1. The summed E-state index contributed by atoms with van der Waals surface area (Å²) in [4.78, 5) is 39.2. The zero-order valence-electron chi connectivity index (χ0n) is 20.9. The van der Waals surface area contributed by atoms with Gasteiger partial charge in [0.1, 0.15) is 11.9 Å². The summed E-state index contributed by atoms with van der Waals surface area (Å²) in [6.07, 6.45) is 3.56. The van der Waals surface area contributed by atoms with E-state index < -0.39 is 0 Å². The minimum Gasteiger partial charge on any atom is -0.462 e. The number of nitrogens with zero attached hydrogens (tertiary/aromatic N) is 1. The summed E-state index contributed by atoms with van der Waals surface area (Å²) < 4.78 is 11.3. The average Bonchev–Trinajstić information content (AvgIpc) is 2.84. The Bertz CT molecular complexity index is 1120. The standard InChI is InChI=1S/C29H34N2O5/c1-4-14-31-15-13-29(23-11-8-12-25(16-23)35-20(2)32)18-24(17-27(26(29)19-31)36-21(3)33)30-28(34)22-9-6-5-7-10-22/h4-12,16,24,26-27H,1,13-15,17-19H2,2-3H3,(H,30,34)/t24-,26?,27?,29?/m1/s1. The first-order chi connectivity index (χ1) is 17.3. The molecule has 36 heavy (non-hydrogen) atoms. The van der Waals surface area contributed by atoms with Gasteiger partial charge in [0.2, 0.25) is 0 Å². The number of ether oxygens (including phenoxy) is 2. The monoisotopic (exact) mass is 490 g/mol. The van der Waals surface area contributed by atoms with Crippen molar-refractivity contribution in [3.05, 3.63) is 78.4 Å². The predicted molar refractivity (Wildman–Crippen MR) is 137 cm³/mol. The van der Waals surface area contributed by atoms with Gasteiger partial charge in [-0.3, -0.25) is 19.3 Å². The second-order valence-corrected chi connectivity index (χ2v) is 9.81. The fraction of sp³-hybridized carbons (Fsp3) is 0.414. The van der Waals surface area contributed by atoms with Crippen LogP contribution in [0, 0.1) is 5.92 Å². The molecule has 0 aromatic heterocycles. The summed E-state index contributed by atoms with van der Waals surface area (Å²) in [6, 6.07) is 16.6. The molecule has 1 N–H and O–H groups in total. The minimum atomic E-state index is -0.378. The summed E-state index contributed by atoms with van der Waals surface area (Å²) >= 11 is 0. The molecule has 4 rings (SSSR count). The SMILES string of the molecule is C=CCN1CCC2(c3cccc(OC(C)=O)c3)C[C@H](NC(=O)c3ccccc3)CC(OC(C)=O)C2C1. The van der Waals surface area contributed by atoms with Gasteiger partial charge in [0.25, 0.3) is 5.91 Å². The van der Waals surface area contributed by atoms with Crippen LogP contribution in [0.3, 0.4) is 0 Å². The smallest absolute Gasteiger partial charge is 0.308 e. The van der Waals surface area contributed by atoms with Gasteiger partial charge in [-0.05, 0) is 49.2 Å². The lowest BCUT2D eigenvalue weighted by atomic mass is 9.57. The molecule has 1 heterocycles. The highest BCUT2D eigenvalue weighted by molar-refractivity contribution is 5.94. The summed E-state index contributed by atoms with van der Waals surface area (Å²) in [5.74, 6) is -0.364. The van der Waals surface area contributed by atoms with Gasteiger partial charge >= 0.3 is 11.9 Å². The largest absolute Gasteiger partial charge is 0.462 e. The minimum absolute atomic E-state index is 0.00700. The Morgan fingerprint density at radius 3 is 2.58 bits per heavy atom. The van der Waals surface area contributed by atoms with Crippen molar-refractivity contribution in [2.24, 2.45) is 5.92 Å². The molecule has 1 aliphatic carbocycles. The van der Waals surface area contributed by atoms with E-state index in [2.05, 4.69) is 22.9 Å². The number of benzene rings is 2. The third-order valence-corrected chi connectivity index (χ3v) is 7.36. The number of likely N-dealkylation sites (tertiary alicyclic amines) is 1. The van der Waals surface area contributed by atoms with Crippen LogP contribution in [-0.4, -0.2) is 54.5 Å². The number of carbonyl (C=O) groups is 3. The molecule has 0 spiro atoms. The fourth-order valence-corrected chi connectivity index (χ4v) is 5.95. The van der Waals surface area contributed by atoms with E-state index >= 15 is 0 Å². The van der Waals surface area contributed by atoms with Crippen molar-refractivity contribution in [2.75, 3.05) is 19.6 Å². The fourth-order valence-electron chi connectivity index (χ4n) is 5.95. The quantitative estimate of drug-likeness (QED) is 0.360. The molecule has 1 aliphatic heterocycles. The van der Waals surface area contributed by atoms with Crippen molar-refractivity contribution >= 4 is 17.8 Å². The lowest BCUT2D eigenvalue weighted by Gasteiger charge is -2.55. The lowest BCUT2D eigenvalue weighted by Crippen LogP contribution is -2.61. The molecule has 1 saturated heterocycles. The van der Waals surface area contributed by atoms with Gasteiger partial charge < -0.3 is 14.8 Å². The highest BCUT2D eigenvalue weighted by atomic mass is 16.5. The number of nitrogens with one attached hydrogen (secondary N) is 1. The number of amides is 1. The third kappa shape index (κ3) is 5.68. The van der Waals surface area contributed by atoms with E-state index in [4.69, 9.17) is 9.47 Å². The lowest BCUT2D eigenvalue weighted by molar-refractivity contribution is -0.157. The van der Waals surface area contributed by atoms with Crippen molar-refractivity contribution in [2.45, 2.75) is 50.7 Å². The molecule has 190 valence electrons. The zero-order valence-corrected chi connectivity index (χ0v) is 20.9. The van der Waals surface area contributed by atoms with Crippen LogP contribution in [0.15, 0.2) is 67.3 Å². The third-order valence-electron chi connectivity index (χ3n) is 7.36. The highest BCUT2D eigenvalue weighted by Crippen LogP contribution is 2.50. The first-order valence-corrected chi connectivity index (χ1v) is 12.5. The summed E-state index contributed by atoms with van der Waals surface area (Å²) in [5, 5.41) is 3.20. The first-order valence-electron chi connectivity index (χ1n) is 12.5. The van der Waals surface area contributed by atoms with Crippen LogP contribution >= 0.6 is 0 Å². The number of hydrogen-bond donors (Lipinski definition) is 1. The molecule has 2 aromatic carbocycles. The topological polar surface area (TPSA) is 84.9 Å². The van der Waals surface area contributed by atoms with Gasteiger partial charge in [-0.1, -0.05) is 36.4 Å². The Morgan fingerprint density at radius 1 is 1.11 bits per heavy atom. The maximum absolute atomic E-state index is 13.1. The Hall–Kier alpha value is -3.45. The maximum atomic E-state index is 13.1. The molecular formula is C29H34N2O5. The van der Waals surface area contributed by atoms with Crippen molar-refractivity contribution in [3.63, 3.8) is 0 Å². The van der Waals surface area contributed by atoms with Gasteiger partial charge in [0, 0.05) is 56.3 Å². The summed E-state index contributed by atoms with van der Waals surface area (Å²) in [7, 11) is 0. The number of carbonyl (C=O) groups excluding carboxylic acids is 3. The molecule has 2 fully saturated rings. The van der Waals surface area contributed by atoms with E-state index in [1.54, 1.807) is 18.2 Å². The van der Waals surface area contributed by atoms with Crippen molar-refractivity contribution in [3.8, 4) is 5.75 Å². The van der Waals surface area contributed by atoms with E-state index in [-0.39, 0.29) is 41.3 Å². The Labute approximate surface area is 212 Å². The Morgan fingerprint density at radius 2 is 1.89 bits per heavy atom. The molecule has 0 radical (unpaired) electrons. The van der Waals surface area contributed by atoms with Crippen molar-refractivity contribution in [1.82, 2.24) is 10.2 Å². The van der Waals surface area contributed by atoms with Crippen LogP contribution in [0.1, 0.15) is 49.0 Å². The molecule has 2 aliphatic rings. The summed E-state index contributed by atoms with van der Waals surface area (Å²) in [5.41, 5.74) is 1.25. The number of hydrogen-bond acceptors (Lipinski definition) is 6. The molecule has 1 amide bonds. The van der Waals surface area contributed by atoms with Gasteiger partial charge in [-0.15, -0.1) is 6.58 Å². The number of esters is 2. The Balaban J connectivity index is 1.72. The molecule has 1 saturated carbocycles. The van der Waals surface area contributed by atoms with Gasteiger partial charge in [-0.2, -0.15) is 0 Å². The van der Waals surface area contributed by atoms with Crippen molar-refractivity contribution < 1.29 is 23.9 Å². The van der Waals surface area contributed by atoms with Gasteiger partial charge in [0.15, 0.2) is 0 Å². The van der Waals surface area contributed by atoms with E-state index in [9.17, 15) is 14.4 Å². The second-order valence-electron chi connectivity index (χ2n) is 9.81. The highest BCUT2D eigenvalue weighted by Gasteiger charge is 2.53. The van der Waals surface area contributed by atoms with Crippen LogP contribution < -0.4 is 10.1 Å². The van der Waals surface area contributed by atoms with Crippen LogP contribution in [0.5, 0.6) is 5.75 Å².